The van der Waals surface area contributed by atoms with Crippen LogP contribution in [-0.4, -0.2) is 37.5 Å². The van der Waals surface area contributed by atoms with Crippen molar-refractivity contribution in [3.05, 3.63) is 35.4 Å². The summed E-state index contributed by atoms with van der Waals surface area (Å²) in [5, 5.41) is 6.48. The Morgan fingerprint density at radius 1 is 1.10 bits per heavy atom. The highest BCUT2D eigenvalue weighted by Crippen LogP contribution is 2.08. The molecule has 0 aromatic heterocycles. The average molecular weight is 276 g/mol. The van der Waals surface area contributed by atoms with Crippen LogP contribution < -0.4 is 10.6 Å². The predicted molar refractivity (Wildman–Crippen MR) is 86.9 cm³/mol. The molecule has 0 atom stereocenters. The molecule has 0 radical (unpaired) electrons. The van der Waals surface area contributed by atoms with E-state index in [9.17, 15) is 0 Å². The number of guanidine groups is 1. The van der Waals surface area contributed by atoms with Gasteiger partial charge in [-0.15, -0.1) is 0 Å². The average Bonchev–Trinajstić information content (AvgIpc) is 2.45. The molecule has 0 aliphatic heterocycles. The molecular formula is C16H28N4. The highest BCUT2D eigenvalue weighted by Gasteiger charge is 2.00. The van der Waals surface area contributed by atoms with Crippen LogP contribution in [0.4, 0.5) is 0 Å². The highest BCUT2D eigenvalue weighted by atomic mass is 15.2. The maximum atomic E-state index is 4.59. The van der Waals surface area contributed by atoms with Crippen LogP contribution >= 0.6 is 0 Å². The SMILES string of the molecule is CCNC(=NCc1cccc(CN(C)CC)c1)NCC. The smallest absolute Gasteiger partial charge is 0.191 e. The molecule has 0 bridgehead atoms. The van der Waals surface area contributed by atoms with Gasteiger partial charge < -0.3 is 15.5 Å². The van der Waals surface area contributed by atoms with Crippen LogP contribution in [-0.2, 0) is 13.1 Å². The van der Waals surface area contributed by atoms with Crippen molar-refractivity contribution in [1.82, 2.24) is 15.5 Å². The molecule has 0 fully saturated rings. The summed E-state index contributed by atoms with van der Waals surface area (Å²) >= 11 is 0. The molecule has 1 aromatic carbocycles. The van der Waals surface area contributed by atoms with Crippen LogP contribution in [0.1, 0.15) is 31.9 Å². The van der Waals surface area contributed by atoms with Crippen LogP contribution in [0.3, 0.4) is 0 Å². The summed E-state index contributed by atoms with van der Waals surface area (Å²) in [5.74, 6) is 0.881. The quantitative estimate of drug-likeness (QED) is 0.592. The van der Waals surface area contributed by atoms with Gasteiger partial charge in [-0.25, -0.2) is 4.99 Å². The van der Waals surface area contributed by atoms with E-state index in [1.165, 1.54) is 11.1 Å². The number of benzene rings is 1. The first-order valence-corrected chi connectivity index (χ1v) is 7.48. The molecule has 20 heavy (non-hydrogen) atoms. The minimum Gasteiger partial charge on any atom is -0.357 e. The zero-order valence-electron chi connectivity index (χ0n) is 13.2. The standard InChI is InChI=1S/C16H28N4/c1-5-17-16(18-6-2)19-12-14-9-8-10-15(11-14)13-20(4)7-3/h8-11H,5-7,12-13H2,1-4H3,(H2,17,18,19). The van der Waals surface area contributed by atoms with Gasteiger partial charge in [-0.2, -0.15) is 0 Å². The summed E-state index contributed by atoms with van der Waals surface area (Å²) in [5.41, 5.74) is 2.59. The molecule has 1 aromatic rings. The van der Waals surface area contributed by atoms with Crippen LogP contribution in [0.15, 0.2) is 29.3 Å². The minimum atomic E-state index is 0.707. The molecule has 4 heteroatoms. The second-order valence-electron chi connectivity index (χ2n) is 4.88. The van der Waals surface area contributed by atoms with E-state index in [4.69, 9.17) is 0 Å². The zero-order chi connectivity index (χ0) is 14.8. The number of nitrogens with one attached hydrogen (secondary N) is 2. The fourth-order valence-corrected chi connectivity index (χ4v) is 1.93. The van der Waals surface area contributed by atoms with Crippen molar-refractivity contribution in [2.75, 3.05) is 26.7 Å². The molecule has 0 aliphatic rings. The summed E-state index contributed by atoms with van der Waals surface area (Å²) in [7, 11) is 2.14. The van der Waals surface area contributed by atoms with Gasteiger partial charge in [0.25, 0.3) is 0 Å². The van der Waals surface area contributed by atoms with Crippen molar-refractivity contribution in [3.8, 4) is 0 Å². The first kappa shape index (κ1) is 16.5. The summed E-state index contributed by atoms with van der Waals surface area (Å²) in [6, 6.07) is 8.67. The van der Waals surface area contributed by atoms with Gasteiger partial charge in [0.05, 0.1) is 6.54 Å². The molecule has 0 amide bonds. The molecule has 0 saturated heterocycles. The highest BCUT2D eigenvalue weighted by molar-refractivity contribution is 5.79. The van der Waals surface area contributed by atoms with Gasteiger partial charge in [0.1, 0.15) is 0 Å². The zero-order valence-corrected chi connectivity index (χ0v) is 13.2. The van der Waals surface area contributed by atoms with Gasteiger partial charge in [-0.05, 0) is 38.6 Å². The number of nitrogens with zero attached hydrogens (tertiary/aromatic N) is 2. The Bertz CT molecular complexity index is 407. The Labute approximate surface area is 123 Å². The van der Waals surface area contributed by atoms with Crippen LogP contribution in [0.25, 0.3) is 0 Å². The normalized spacial score (nSPS) is 10.4. The third-order valence-electron chi connectivity index (χ3n) is 3.09. The van der Waals surface area contributed by atoms with E-state index in [1.54, 1.807) is 0 Å². The van der Waals surface area contributed by atoms with Crippen LogP contribution in [0.5, 0.6) is 0 Å². The third-order valence-corrected chi connectivity index (χ3v) is 3.09. The number of hydrogen-bond donors (Lipinski definition) is 2. The summed E-state index contributed by atoms with van der Waals surface area (Å²) in [4.78, 5) is 6.89. The Balaban J connectivity index is 2.67. The van der Waals surface area contributed by atoms with Crippen LogP contribution in [0.2, 0.25) is 0 Å². The van der Waals surface area contributed by atoms with Crippen molar-refractivity contribution in [3.63, 3.8) is 0 Å². The molecule has 0 saturated carbocycles. The van der Waals surface area contributed by atoms with Crippen molar-refractivity contribution in [2.45, 2.75) is 33.9 Å². The summed E-state index contributed by atoms with van der Waals surface area (Å²) in [6.45, 7) is 10.9. The van der Waals surface area contributed by atoms with E-state index in [2.05, 4.69) is 72.6 Å². The lowest BCUT2D eigenvalue weighted by atomic mass is 10.1. The number of hydrogen-bond acceptors (Lipinski definition) is 2. The van der Waals surface area contributed by atoms with Gasteiger partial charge in [-0.3, -0.25) is 0 Å². The fourth-order valence-electron chi connectivity index (χ4n) is 1.93. The van der Waals surface area contributed by atoms with Crippen molar-refractivity contribution in [2.24, 2.45) is 4.99 Å². The van der Waals surface area contributed by atoms with Gasteiger partial charge in [0, 0.05) is 19.6 Å². The molecule has 1 rings (SSSR count). The number of aliphatic imine (C=N–C) groups is 1. The monoisotopic (exact) mass is 276 g/mol. The second kappa shape index (κ2) is 9.37. The molecular weight excluding hydrogens is 248 g/mol. The van der Waals surface area contributed by atoms with E-state index in [0.29, 0.717) is 6.54 Å². The second-order valence-corrected chi connectivity index (χ2v) is 4.88. The molecule has 0 heterocycles. The Morgan fingerprint density at radius 3 is 2.35 bits per heavy atom. The lowest BCUT2D eigenvalue weighted by Crippen LogP contribution is -2.36. The first-order chi connectivity index (χ1) is 9.69. The molecule has 0 aliphatic carbocycles. The minimum absolute atomic E-state index is 0.707. The molecule has 112 valence electrons. The first-order valence-electron chi connectivity index (χ1n) is 7.48. The predicted octanol–water partition coefficient (Wildman–Crippen LogP) is 2.21. The van der Waals surface area contributed by atoms with E-state index < -0.39 is 0 Å². The van der Waals surface area contributed by atoms with Gasteiger partial charge in [-0.1, -0.05) is 31.2 Å². The van der Waals surface area contributed by atoms with E-state index >= 15 is 0 Å². The maximum Gasteiger partial charge on any atom is 0.191 e. The van der Waals surface area contributed by atoms with Crippen molar-refractivity contribution < 1.29 is 0 Å². The third kappa shape index (κ3) is 6.06. The fraction of sp³-hybridized carbons (Fsp3) is 0.562. The van der Waals surface area contributed by atoms with Crippen molar-refractivity contribution in [1.29, 1.82) is 0 Å². The summed E-state index contributed by atoms with van der Waals surface area (Å²) in [6.07, 6.45) is 0. The molecule has 0 spiro atoms. The van der Waals surface area contributed by atoms with Gasteiger partial charge in [0.2, 0.25) is 0 Å². The number of rotatable bonds is 7. The topological polar surface area (TPSA) is 39.7 Å². The van der Waals surface area contributed by atoms with Gasteiger partial charge >= 0.3 is 0 Å². The van der Waals surface area contributed by atoms with Crippen LogP contribution in [0, 0.1) is 0 Å². The molecule has 4 nitrogen and oxygen atoms in total. The van der Waals surface area contributed by atoms with Crippen molar-refractivity contribution >= 4 is 5.96 Å². The van der Waals surface area contributed by atoms with E-state index in [0.717, 1.165) is 32.1 Å². The largest absolute Gasteiger partial charge is 0.357 e. The van der Waals surface area contributed by atoms with Gasteiger partial charge in [0.15, 0.2) is 5.96 Å². The summed E-state index contributed by atoms with van der Waals surface area (Å²) < 4.78 is 0. The molecule has 2 N–H and O–H groups in total. The Hall–Kier alpha value is -1.55. The van der Waals surface area contributed by atoms with E-state index in [-0.39, 0.29) is 0 Å². The Kier molecular flexibility index (Phi) is 7.73. The van der Waals surface area contributed by atoms with E-state index in [1.807, 2.05) is 0 Å². The lowest BCUT2D eigenvalue weighted by molar-refractivity contribution is 0.345. The Morgan fingerprint density at radius 2 is 1.75 bits per heavy atom. The lowest BCUT2D eigenvalue weighted by Gasteiger charge is -2.14. The maximum absolute atomic E-state index is 4.59. The molecule has 0 unspecified atom stereocenters.